The predicted molar refractivity (Wildman–Crippen MR) is 69.5 cm³/mol. The van der Waals surface area contributed by atoms with Crippen LogP contribution in [0.25, 0.3) is 5.73 Å². The zero-order valence-electron chi connectivity index (χ0n) is 10.7. The highest BCUT2D eigenvalue weighted by Crippen LogP contribution is 2.35. The lowest BCUT2D eigenvalue weighted by Gasteiger charge is -2.35. The maximum Gasteiger partial charge on any atom is 0.00642 e. The van der Waals surface area contributed by atoms with Crippen LogP contribution in [0.2, 0.25) is 0 Å². The standard InChI is InChI=1S/C14H27N2/c1-16-14-8-4-12(5-9-14)10-11-2-6-13(15)7-3-11/h11-16H,2-10H2,1H3/q-1. The van der Waals surface area contributed by atoms with Crippen molar-refractivity contribution in [2.45, 2.75) is 69.9 Å². The maximum absolute atomic E-state index is 7.72. The van der Waals surface area contributed by atoms with Crippen molar-refractivity contribution >= 4 is 0 Å². The van der Waals surface area contributed by atoms with Crippen molar-refractivity contribution in [1.29, 1.82) is 0 Å². The molecule has 2 heteroatoms. The molecular weight excluding hydrogens is 196 g/mol. The van der Waals surface area contributed by atoms with Crippen LogP contribution in [-0.2, 0) is 0 Å². The van der Waals surface area contributed by atoms with Gasteiger partial charge in [0.2, 0.25) is 0 Å². The van der Waals surface area contributed by atoms with E-state index in [4.69, 9.17) is 5.73 Å². The fourth-order valence-electron chi connectivity index (χ4n) is 3.56. The monoisotopic (exact) mass is 223 g/mol. The van der Waals surface area contributed by atoms with Gasteiger partial charge in [0.1, 0.15) is 0 Å². The summed E-state index contributed by atoms with van der Waals surface area (Å²) < 4.78 is 0. The Labute approximate surface area is 100 Å². The predicted octanol–water partition coefficient (Wildman–Crippen LogP) is 3.77. The molecule has 2 aliphatic carbocycles. The first-order chi connectivity index (χ1) is 7.78. The maximum atomic E-state index is 7.72. The van der Waals surface area contributed by atoms with Gasteiger partial charge in [-0.1, -0.05) is 25.7 Å². The Balaban J connectivity index is 1.66. The molecule has 16 heavy (non-hydrogen) atoms. The van der Waals surface area contributed by atoms with Gasteiger partial charge >= 0.3 is 0 Å². The van der Waals surface area contributed by atoms with E-state index in [-0.39, 0.29) is 6.04 Å². The molecule has 2 saturated carbocycles. The van der Waals surface area contributed by atoms with Gasteiger partial charge in [-0.3, -0.25) is 0 Å². The van der Waals surface area contributed by atoms with Crippen LogP contribution in [-0.4, -0.2) is 19.1 Å². The van der Waals surface area contributed by atoms with E-state index in [9.17, 15) is 0 Å². The summed E-state index contributed by atoms with van der Waals surface area (Å²) in [7, 11) is 2.10. The van der Waals surface area contributed by atoms with Crippen LogP contribution in [0.5, 0.6) is 0 Å². The first-order valence-corrected chi connectivity index (χ1v) is 7.16. The van der Waals surface area contributed by atoms with Crippen LogP contribution in [0, 0.1) is 11.8 Å². The zero-order chi connectivity index (χ0) is 11.4. The Morgan fingerprint density at radius 2 is 1.38 bits per heavy atom. The SMILES string of the molecule is CNC1CCC(CC2CCC([NH-])CC2)CC1. The molecule has 0 aromatic carbocycles. The van der Waals surface area contributed by atoms with Crippen LogP contribution >= 0.6 is 0 Å². The summed E-state index contributed by atoms with van der Waals surface area (Å²) in [6.07, 6.45) is 12.1. The van der Waals surface area contributed by atoms with Crippen LogP contribution in [0.4, 0.5) is 0 Å². The summed E-state index contributed by atoms with van der Waals surface area (Å²) in [6, 6.07) is 1.05. The average molecular weight is 223 g/mol. The normalized spacial score (nSPS) is 40.9. The molecule has 0 bridgehead atoms. The third kappa shape index (κ3) is 3.46. The fourth-order valence-corrected chi connectivity index (χ4v) is 3.56. The lowest BCUT2D eigenvalue weighted by molar-refractivity contribution is 0.223. The number of hydrogen-bond donors (Lipinski definition) is 1. The second kappa shape index (κ2) is 6.02. The molecule has 0 unspecified atom stereocenters. The third-order valence-electron chi connectivity index (χ3n) is 4.77. The van der Waals surface area contributed by atoms with E-state index in [0.29, 0.717) is 0 Å². The Hall–Kier alpha value is -0.0800. The van der Waals surface area contributed by atoms with Gasteiger partial charge in [0, 0.05) is 6.04 Å². The van der Waals surface area contributed by atoms with E-state index in [1.807, 2.05) is 0 Å². The van der Waals surface area contributed by atoms with Gasteiger partial charge in [-0.05, 0) is 51.0 Å². The van der Waals surface area contributed by atoms with E-state index in [1.165, 1.54) is 44.9 Å². The second-order valence-corrected chi connectivity index (χ2v) is 5.96. The first kappa shape index (κ1) is 12.4. The van der Waals surface area contributed by atoms with Crippen LogP contribution in [0.1, 0.15) is 57.8 Å². The van der Waals surface area contributed by atoms with Crippen molar-refractivity contribution in [2.24, 2.45) is 11.8 Å². The molecule has 0 aliphatic heterocycles. The minimum Gasteiger partial charge on any atom is -0.675 e. The van der Waals surface area contributed by atoms with Crippen molar-refractivity contribution in [3.05, 3.63) is 5.73 Å². The summed E-state index contributed by atoms with van der Waals surface area (Å²) >= 11 is 0. The Bertz CT molecular complexity index is 189. The highest BCUT2D eigenvalue weighted by atomic mass is 14.9. The molecule has 0 saturated heterocycles. The zero-order valence-corrected chi connectivity index (χ0v) is 10.7. The summed E-state index contributed by atoms with van der Waals surface area (Å²) in [5.41, 5.74) is 7.72. The molecule has 0 heterocycles. The Morgan fingerprint density at radius 1 is 0.875 bits per heavy atom. The molecule has 2 rings (SSSR count). The summed E-state index contributed by atoms with van der Waals surface area (Å²) in [5, 5.41) is 3.41. The van der Waals surface area contributed by atoms with E-state index >= 15 is 0 Å². The van der Waals surface area contributed by atoms with Crippen molar-refractivity contribution in [1.82, 2.24) is 5.32 Å². The Morgan fingerprint density at radius 3 is 1.88 bits per heavy atom. The highest BCUT2D eigenvalue weighted by molar-refractivity contribution is 4.84. The van der Waals surface area contributed by atoms with Gasteiger partial charge in [-0.15, -0.1) is 6.04 Å². The van der Waals surface area contributed by atoms with Crippen molar-refractivity contribution in [3.8, 4) is 0 Å². The topological polar surface area (TPSA) is 35.8 Å². The van der Waals surface area contributed by atoms with E-state index in [2.05, 4.69) is 12.4 Å². The van der Waals surface area contributed by atoms with Crippen molar-refractivity contribution in [2.75, 3.05) is 7.05 Å². The molecule has 0 aromatic heterocycles. The van der Waals surface area contributed by atoms with Gasteiger partial charge in [-0.2, -0.15) is 0 Å². The molecule has 0 atom stereocenters. The van der Waals surface area contributed by atoms with Gasteiger partial charge in [-0.25, -0.2) is 0 Å². The van der Waals surface area contributed by atoms with E-state index < -0.39 is 0 Å². The molecule has 0 amide bonds. The third-order valence-corrected chi connectivity index (χ3v) is 4.77. The number of hydrogen-bond acceptors (Lipinski definition) is 1. The highest BCUT2D eigenvalue weighted by Gasteiger charge is 2.24. The van der Waals surface area contributed by atoms with Gasteiger partial charge < -0.3 is 11.1 Å². The van der Waals surface area contributed by atoms with Crippen LogP contribution < -0.4 is 5.32 Å². The van der Waals surface area contributed by atoms with E-state index in [0.717, 1.165) is 30.7 Å². The van der Waals surface area contributed by atoms with Gasteiger partial charge in [0.15, 0.2) is 0 Å². The number of nitrogens with one attached hydrogen (secondary N) is 2. The van der Waals surface area contributed by atoms with Crippen molar-refractivity contribution in [3.63, 3.8) is 0 Å². The summed E-state index contributed by atoms with van der Waals surface area (Å²) in [6.45, 7) is 0. The molecule has 2 aliphatic rings. The molecule has 0 radical (unpaired) electrons. The summed E-state index contributed by atoms with van der Waals surface area (Å²) in [5.74, 6) is 1.95. The molecular formula is C14H27N2-. The van der Waals surface area contributed by atoms with E-state index in [1.54, 1.807) is 0 Å². The molecule has 0 spiro atoms. The lowest BCUT2D eigenvalue weighted by Crippen LogP contribution is -2.31. The average Bonchev–Trinajstić information content (AvgIpc) is 2.33. The Kier molecular flexibility index (Phi) is 4.66. The largest absolute Gasteiger partial charge is 0.675 e. The molecule has 0 aromatic rings. The fraction of sp³-hybridized carbons (Fsp3) is 1.00. The minimum absolute atomic E-state index is 0.260. The van der Waals surface area contributed by atoms with Gasteiger partial charge in [0.05, 0.1) is 0 Å². The van der Waals surface area contributed by atoms with Crippen molar-refractivity contribution < 1.29 is 0 Å². The molecule has 2 fully saturated rings. The van der Waals surface area contributed by atoms with Crippen LogP contribution in [0.3, 0.4) is 0 Å². The second-order valence-electron chi connectivity index (χ2n) is 5.96. The van der Waals surface area contributed by atoms with Crippen LogP contribution in [0.15, 0.2) is 0 Å². The molecule has 2 nitrogen and oxygen atoms in total. The minimum atomic E-state index is 0.260. The lowest BCUT2D eigenvalue weighted by atomic mass is 9.76. The summed E-state index contributed by atoms with van der Waals surface area (Å²) in [4.78, 5) is 0. The molecule has 94 valence electrons. The van der Waals surface area contributed by atoms with Gasteiger partial charge in [0.25, 0.3) is 0 Å². The first-order valence-electron chi connectivity index (χ1n) is 7.16. The number of rotatable bonds is 3. The quantitative estimate of drug-likeness (QED) is 0.777. The smallest absolute Gasteiger partial charge is 0.00642 e. The molecule has 2 N–H and O–H groups in total.